The topological polar surface area (TPSA) is 34.1 Å². The molecule has 0 aliphatic heterocycles. The molecule has 2 heteroatoms. The van der Waals surface area contributed by atoms with Gasteiger partial charge < -0.3 is 0 Å². The van der Waals surface area contributed by atoms with Gasteiger partial charge in [0, 0.05) is 24.2 Å². The normalized spacial score (nSPS) is 53.0. The van der Waals surface area contributed by atoms with Crippen LogP contribution >= 0.6 is 0 Å². The van der Waals surface area contributed by atoms with Crippen molar-refractivity contribution in [3.05, 3.63) is 0 Å². The summed E-state index contributed by atoms with van der Waals surface area (Å²) in [6.07, 6.45) is 9.74. The van der Waals surface area contributed by atoms with Crippen LogP contribution in [0.15, 0.2) is 0 Å². The first-order valence-electron chi connectivity index (χ1n) is 9.03. The first-order chi connectivity index (χ1) is 9.97. The van der Waals surface area contributed by atoms with Crippen molar-refractivity contribution in [2.75, 3.05) is 0 Å². The summed E-state index contributed by atoms with van der Waals surface area (Å²) in [5.74, 6) is 3.03. The van der Waals surface area contributed by atoms with E-state index in [0.29, 0.717) is 35.2 Å². The predicted octanol–water partition coefficient (Wildman–Crippen LogP) is 4.17. The van der Waals surface area contributed by atoms with E-state index < -0.39 is 0 Å². The lowest BCUT2D eigenvalue weighted by Crippen LogP contribution is -2.55. The fourth-order valence-corrected chi connectivity index (χ4v) is 6.87. The van der Waals surface area contributed by atoms with Crippen LogP contribution in [0.1, 0.15) is 71.6 Å². The van der Waals surface area contributed by atoms with Gasteiger partial charge in [0.25, 0.3) is 0 Å². The van der Waals surface area contributed by atoms with Gasteiger partial charge in [0.1, 0.15) is 11.6 Å². The van der Waals surface area contributed by atoms with E-state index in [2.05, 4.69) is 13.8 Å². The Balaban J connectivity index is 1.71. The molecule has 6 unspecified atom stereocenters. The number of ketones is 2. The second kappa shape index (κ2) is 4.43. The Kier molecular flexibility index (Phi) is 2.94. The molecule has 0 aromatic rings. The van der Waals surface area contributed by atoms with Crippen LogP contribution in [-0.4, -0.2) is 11.6 Å². The predicted molar refractivity (Wildman–Crippen MR) is 81.7 cm³/mol. The van der Waals surface area contributed by atoms with Crippen molar-refractivity contribution in [3.8, 4) is 0 Å². The number of hydrogen-bond acceptors (Lipinski definition) is 2. The minimum absolute atomic E-state index is 0.0979. The minimum Gasteiger partial charge on any atom is -0.299 e. The Bertz CT molecular complexity index is 496. The largest absolute Gasteiger partial charge is 0.299 e. The molecule has 0 radical (unpaired) electrons. The molecule has 21 heavy (non-hydrogen) atoms. The highest BCUT2D eigenvalue weighted by Gasteiger charge is 2.61. The molecule has 0 amide bonds. The van der Waals surface area contributed by atoms with Gasteiger partial charge in [0.15, 0.2) is 0 Å². The molecule has 116 valence electrons. The van der Waals surface area contributed by atoms with Gasteiger partial charge in [-0.25, -0.2) is 0 Å². The molecule has 0 spiro atoms. The Labute approximate surface area is 128 Å². The lowest BCUT2D eigenvalue weighted by Gasteiger charge is -2.58. The molecular formula is C19H28O2. The summed E-state index contributed by atoms with van der Waals surface area (Å²) in [7, 11) is 0. The van der Waals surface area contributed by atoms with E-state index in [1.165, 1.54) is 25.7 Å². The van der Waals surface area contributed by atoms with E-state index in [9.17, 15) is 9.59 Å². The SMILES string of the molecule is CC12CCC3C(CC(=O)C4CCCCC43C)C1CCC2=O. The van der Waals surface area contributed by atoms with Crippen LogP contribution in [-0.2, 0) is 9.59 Å². The van der Waals surface area contributed by atoms with Gasteiger partial charge in [0.05, 0.1) is 0 Å². The molecule has 0 aromatic heterocycles. The lowest BCUT2D eigenvalue weighted by atomic mass is 9.45. The molecule has 6 atom stereocenters. The van der Waals surface area contributed by atoms with E-state index in [1.807, 2.05) is 0 Å². The number of carbonyl (C=O) groups excluding carboxylic acids is 2. The van der Waals surface area contributed by atoms with Gasteiger partial charge >= 0.3 is 0 Å². The van der Waals surface area contributed by atoms with Crippen molar-refractivity contribution >= 4 is 11.6 Å². The van der Waals surface area contributed by atoms with Gasteiger partial charge in [-0.2, -0.15) is 0 Å². The zero-order valence-corrected chi connectivity index (χ0v) is 13.5. The number of rotatable bonds is 0. The monoisotopic (exact) mass is 288 g/mol. The van der Waals surface area contributed by atoms with Crippen LogP contribution in [0.25, 0.3) is 0 Å². The van der Waals surface area contributed by atoms with Crippen molar-refractivity contribution in [1.82, 2.24) is 0 Å². The molecule has 4 aliphatic rings. The van der Waals surface area contributed by atoms with Crippen LogP contribution in [0, 0.1) is 34.5 Å². The molecule has 0 saturated heterocycles. The fraction of sp³-hybridized carbons (Fsp3) is 0.895. The zero-order chi connectivity index (χ0) is 14.8. The third-order valence-corrected chi connectivity index (χ3v) is 8.07. The van der Waals surface area contributed by atoms with Crippen molar-refractivity contribution in [1.29, 1.82) is 0 Å². The lowest BCUT2D eigenvalue weighted by molar-refractivity contribution is -0.155. The molecule has 0 N–H and O–H groups in total. The summed E-state index contributed by atoms with van der Waals surface area (Å²) in [6, 6.07) is 0. The van der Waals surface area contributed by atoms with Crippen LogP contribution in [0.5, 0.6) is 0 Å². The third-order valence-electron chi connectivity index (χ3n) is 8.07. The van der Waals surface area contributed by atoms with Gasteiger partial charge in [0.2, 0.25) is 0 Å². The second-order valence-corrected chi connectivity index (χ2v) is 8.77. The van der Waals surface area contributed by atoms with Crippen LogP contribution in [0.2, 0.25) is 0 Å². The summed E-state index contributed by atoms with van der Waals surface area (Å²) in [4.78, 5) is 25.1. The van der Waals surface area contributed by atoms with E-state index in [-0.39, 0.29) is 10.8 Å². The molecule has 0 aromatic carbocycles. The molecular weight excluding hydrogens is 260 g/mol. The Morgan fingerprint density at radius 2 is 1.76 bits per heavy atom. The minimum atomic E-state index is -0.0979. The van der Waals surface area contributed by atoms with Crippen molar-refractivity contribution in [2.24, 2.45) is 34.5 Å². The maximum atomic E-state index is 12.8. The van der Waals surface area contributed by atoms with E-state index in [1.54, 1.807) is 0 Å². The van der Waals surface area contributed by atoms with Crippen LogP contribution in [0.4, 0.5) is 0 Å². The van der Waals surface area contributed by atoms with Gasteiger partial charge in [-0.3, -0.25) is 9.59 Å². The maximum absolute atomic E-state index is 12.8. The standard InChI is InChI=1S/C19H28O2/c1-18-9-4-3-5-15(18)16(20)11-12-13-6-7-17(21)19(13,2)10-8-14(12)18/h12-15H,3-11H2,1-2H3. The van der Waals surface area contributed by atoms with Gasteiger partial charge in [-0.15, -0.1) is 0 Å². The van der Waals surface area contributed by atoms with Gasteiger partial charge in [-0.1, -0.05) is 26.7 Å². The van der Waals surface area contributed by atoms with E-state index in [4.69, 9.17) is 0 Å². The Morgan fingerprint density at radius 1 is 0.952 bits per heavy atom. The fourth-order valence-electron chi connectivity index (χ4n) is 6.87. The molecule has 4 fully saturated rings. The molecule has 4 saturated carbocycles. The maximum Gasteiger partial charge on any atom is 0.139 e. The van der Waals surface area contributed by atoms with Gasteiger partial charge in [-0.05, 0) is 55.3 Å². The first-order valence-corrected chi connectivity index (χ1v) is 9.03. The number of fused-ring (bicyclic) bond motifs is 5. The van der Waals surface area contributed by atoms with Crippen LogP contribution < -0.4 is 0 Å². The number of Topliss-reactive ketones (excluding diaryl/α,β-unsaturated/α-hetero) is 2. The first kappa shape index (κ1) is 14.0. The van der Waals surface area contributed by atoms with Crippen molar-refractivity contribution < 1.29 is 9.59 Å². The number of hydrogen-bond donors (Lipinski definition) is 0. The van der Waals surface area contributed by atoms with E-state index >= 15 is 0 Å². The highest BCUT2D eigenvalue weighted by molar-refractivity contribution is 5.88. The molecule has 4 rings (SSSR count). The smallest absolute Gasteiger partial charge is 0.139 e. The average Bonchev–Trinajstić information content (AvgIpc) is 2.75. The summed E-state index contributed by atoms with van der Waals surface area (Å²) in [5.41, 5.74) is 0.143. The summed E-state index contributed by atoms with van der Waals surface area (Å²) in [5, 5.41) is 0. The highest BCUT2D eigenvalue weighted by Crippen LogP contribution is 2.64. The molecule has 0 bridgehead atoms. The Morgan fingerprint density at radius 3 is 2.57 bits per heavy atom. The zero-order valence-electron chi connectivity index (χ0n) is 13.5. The van der Waals surface area contributed by atoms with Crippen LogP contribution in [0.3, 0.4) is 0 Å². The molecule has 0 heterocycles. The highest BCUT2D eigenvalue weighted by atomic mass is 16.1. The summed E-state index contributed by atoms with van der Waals surface area (Å²) in [6.45, 7) is 4.61. The summed E-state index contributed by atoms with van der Waals surface area (Å²) >= 11 is 0. The quantitative estimate of drug-likeness (QED) is 0.670. The molecule has 4 aliphatic carbocycles. The number of carbonyl (C=O) groups is 2. The van der Waals surface area contributed by atoms with Crippen molar-refractivity contribution in [2.45, 2.75) is 71.6 Å². The average molecular weight is 288 g/mol. The van der Waals surface area contributed by atoms with E-state index in [0.717, 1.165) is 32.1 Å². The molecule has 2 nitrogen and oxygen atoms in total. The van der Waals surface area contributed by atoms with Crippen molar-refractivity contribution in [3.63, 3.8) is 0 Å². The Hall–Kier alpha value is -0.660. The second-order valence-electron chi connectivity index (χ2n) is 8.77. The third kappa shape index (κ3) is 1.71. The summed E-state index contributed by atoms with van der Waals surface area (Å²) < 4.78 is 0.